The smallest absolute Gasteiger partial charge is 0.278 e. The lowest BCUT2D eigenvalue weighted by molar-refractivity contribution is -0.118. The second kappa shape index (κ2) is 12.0. The van der Waals surface area contributed by atoms with Crippen LogP contribution in [0, 0.1) is 11.2 Å². The second-order valence-corrected chi connectivity index (χ2v) is 13.4. The first kappa shape index (κ1) is 30.3. The van der Waals surface area contributed by atoms with Crippen LogP contribution in [-0.4, -0.2) is 27.8 Å². The van der Waals surface area contributed by atoms with Crippen LogP contribution in [0.1, 0.15) is 68.2 Å². The van der Waals surface area contributed by atoms with E-state index in [0.29, 0.717) is 28.7 Å². The molecule has 2 aliphatic rings. The van der Waals surface area contributed by atoms with Crippen LogP contribution in [0.4, 0.5) is 20.9 Å². The maximum absolute atomic E-state index is 16.3. The molecule has 1 aromatic heterocycles. The largest absolute Gasteiger partial charge is 0.506 e. The third-order valence-electron chi connectivity index (χ3n) is 7.88. The molecule has 2 heterocycles. The quantitative estimate of drug-likeness (QED) is 0.180. The van der Waals surface area contributed by atoms with E-state index >= 15 is 4.39 Å². The van der Waals surface area contributed by atoms with Crippen LogP contribution < -0.4 is 20.3 Å². The van der Waals surface area contributed by atoms with E-state index in [4.69, 9.17) is 4.74 Å². The van der Waals surface area contributed by atoms with E-state index in [1.807, 2.05) is 58.0 Å². The number of rotatable bonds is 7. The Morgan fingerprint density at radius 1 is 1.16 bits per heavy atom. The molecule has 0 spiro atoms. The number of anilines is 3. The Bertz CT molecular complexity index is 1800. The van der Waals surface area contributed by atoms with Crippen molar-refractivity contribution in [3.8, 4) is 11.5 Å². The SMILES string of the molecule is CC(C)Nc1nc(C(=O)N2c3cccc(O)c3NC3=C(C(=O)CC(C)(C)C3)C2c2ccc(OCc3ccccc3)cc2F)cs1. The minimum absolute atomic E-state index is 0.0968. The van der Waals surface area contributed by atoms with E-state index in [1.54, 1.807) is 29.6 Å². The van der Waals surface area contributed by atoms with Crippen molar-refractivity contribution in [1.29, 1.82) is 0 Å². The summed E-state index contributed by atoms with van der Waals surface area (Å²) in [6, 6.07) is 17.8. The van der Waals surface area contributed by atoms with E-state index in [-0.39, 0.29) is 53.1 Å². The zero-order valence-electron chi connectivity index (χ0n) is 25.6. The molecule has 10 heteroatoms. The summed E-state index contributed by atoms with van der Waals surface area (Å²) in [5, 5.41) is 19.7. The fraction of sp³-hybridized carbons (Fsp3) is 0.286. The predicted molar refractivity (Wildman–Crippen MR) is 174 cm³/mol. The van der Waals surface area contributed by atoms with Crippen LogP contribution in [0.2, 0.25) is 0 Å². The molecule has 1 unspecified atom stereocenters. The number of nitrogens with one attached hydrogen (secondary N) is 2. The van der Waals surface area contributed by atoms with Crippen molar-refractivity contribution in [2.24, 2.45) is 5.41 Å². The number of carbonyl (C=O) groups is 2. The van der Waals surface area contributed by atoms with Gasteiger partial charge in [0.25, 0.3) is 5.91 Å². The highest BCUT2D eigenvalue weighted by atomic mass is 32.1. The molecule has 6 rings (SSSR count). The Hall–Kier alpha value is -4.70. The Kier molecular flexibility index (Phi) is 8.09. The molecule has 4 aromatic rings. The van der Waals surface area contributed by atoms with Crippen LogP contribution in [0.3, 0.4) is 0 Å². The molecular weight excluding hydrogens is 591 g/mol. The van der Waals surface area contributed by atoms with Crippen molar-refractivity contribution in [3.05, 3.63) is 106 Å². The molecule has 1 amide bonds. The van der Waals surface area contributed by atoms with Crippen molar-refractivity contribution >= 4 is 39.5 Å². The molecule has 3 N–H and O–H groups in total. The number of nitrogens with zero attached hydrogens (tertiary/aromatic N) is 2. The molecule has 0 bridgehead atoms. The molecule has 45 heavy (non-hydrogen) atoms. The highest BCUT2D eigenvalue weighted by Crippen LogP contribution is 2.51. The molecule has 0 radical (unpaired) electrons. The van der Waals surface area contributed by atoms with Crippen molar-refractivity contribution in [2.45, 2.75) is 59.2 Å². The van der Waals surface area contributed by atoms with Crippen LogP contribution in [0.15, 0.2) is 83.4 Å². The summed E-state index contributed by atoms with van der Waals surface area (Å²) in [7, 11) is 0. The average Bonchev–Trinajstić information content (AvgIpc) is 3.38. The fourth-order valence-corrected chi connectivity index (χ4v) is 6.76. The summed E-state index contributed by atoms with van der Waals surface area (Å²) in [5.74, 6) is -1.14. The molecule has 1 aliphatic carbocycles. The van der Waals surface area contributed by atoms with Gasteiger partial charge in [-0.15, -0.1) is 11.3 Å². The van der Waals surface area contributed by atoms with E-state index in [2.05, 4.69) is 15.6 Å². The standard InChI is InChI=1S/C35H35FN4O4S/c1-20(2)37-34-39-26(19-45-34)33(43)40-27-11-8-12-28(41)31(27)38-25-16-35(3,4)17-29(42)30(25)32(40)23-14-13-22(15-24(23)36)44-18-21-9-6-5-7-10-21/h5-15,19-20,32,38,41H,16-18H2,1-4H3,(H,37,39). The van der Waals surface area contributed by atoms with E-state index in [1.165, 1.54) is 28.4 Å². The number of aromatic hydroxyl groups is 1. The highest BCUT2D eigenvalue weighted by Gasteiger charge is 2.45. The first-order valence-electron chi connectivity index (χ1n) is 14.9. The summed E-state index contributed by atoms with van der Waals surface area (Å²) >= 11 is 1.28. The number of allylic oxidation sites excluding steroid dienone is 1. The Morgan fingerprint density at radius 3 is 2.67 bits per heavy atom. The third-order valence-corrected chi connectivity index (χ3v) is 8.65. The molecule has 3 aromatic carbocycles. The molecular formula is C35H35FN4O4S. The number of fused-ring (bicyclic) bond motifs is 1. The van der Waals surface area contributed by atoms with Crippen molar-refractivity contribution < 1.29 is 23.8 Å². The number of ether oxygens (including phenoxy) is 1. The summed E-state index contributed by atoms with van der Waals surface area (Å²) in [4.78, 5) is 34.4. The summed E-state index contributed by atoms with van der Waals surface area (Å²) in [6.07, 6.45) is 0.673. The van der Waals surface area contributed by atoms with Crippen LogP contribution in [-0.2, 0) is 11.4 Å². The van der Waals surface area contributed by atoms with Crippen LogP contribution in [0.25, 0.3) is 0 Å². The lowest BCUT2D eigenvalue weighted by atomic mass is 9.73. The number of amides is 1. The number of ketones is 1. The van der Waals surface area contributed by atoms with Crippen LogP contribution in [0.5, 0.6) is 11.5 Å². The number of benzene rings is 3. The number of thiazole rings is 1. The maximum Gasteiger partial charge on any atom is 0.278 e. The molecule has 0 saturated heterocycles. The van der Waals surface area contributed by atoms with Gasteiger partial charge in [-0.2, -0.15) is 0 Å². The lowest BCUT2D eigenvalue weighted by Crippen LogP contribution is -2.40. The molecule has 232 valence electrons. The topological polar surface area (TPSA) is 104 Å². The van der Waals surface area contributed by atoms with E-state index in [0.717, 1.165) is 5.56 Å². The number of phenolic OH excluding ortho intramolecular Hbond substituents is 1. The van der Waals surface area contributed by atoms with Gasteiger partial charge in [0.05, 0.1) is 11.7 Å². The number of halogens is 1. The van der Waals surface area contributed by atoms with Gasteiger partial charge in [-0.05, 0) is 55.5 Å². The average molecular weight is 627 g/mol. The Labute approximate surface area is 265 Å². The van der Waals surface area contributed by atoms with E-state index in [9.17, 15) is 14.7 Å². The minimum Gasteiger partial charge on any atom is -0.506 e. The summed E-state index contributed by atoms with van der Waals surface area (Å²) < 4.78 is 22.2. The van der Waals surface area contributed by atoms with Gasteiger partial charge in [0, 0.05) is 40.7 Å². The molecule has 0 saturated carbocycles. The number of aromatic nitrogens is 1. The van der Waals surface area contributed by atoms with E-state index < -0.39 is 23.2 Å². The molecule has 1 atom stereocenters. The molecule has 0 fully saturated rings. The minimum atomic E-state index is -1.14. The zero-order valence-corrected chi connectivity index (χ0v) is 26.4. The number of phenols is 1. The monoisotopic (exact) mass is 626 g/mol. The van der Waals surface area contributed by atoms with Gasteiger partial charge in [-0.25, -0.2) is 9.37 Å². The van der Waals surface area contributed by atoms with Crippen molar-refractivity contribution in [3.63, 3.8) is 0 Å². The molecule has 8 nitrogen and oxygen atoms in total. The Morgan fingerprint density at radius 2 is 1.93 bits per heavy atom. The first-order chi connectivity index (χ1) is 21.5. The van der Waals surface area contributed by atoms with Gasteiger partial charge in [0.15, 0.2) is 10.9 Å². The second-order valence-electron chi connectivity index (χ2n) is 12.5. The van der Waals surface area contributed by atoms with Crippen molar-refractivity contribution in [2.75, 3.05) is 15.5 Å². The highest BCUT2D eigenvalue weighted by molar-refractivity contribution is 7.13. The number of carbonyl (C=O) groups excluding carboxylic acids is 2. The number of para-hydroxylation sites is 1. The van der Waals surface area contributed by atoms with Gasteiger partial charge in [-0.3, -0.25) is 14.5 Å². The summed E-state index contributed by atoms with van der Waals surface area (Å²) in [5.41, 5.74) is 2.21. The predicted octanol–water partition coefficient (Wildman–Crippen LogP) is 7.84. The van der Waals surface area contributed by atoms with Gasteiger partial charge in [-0.1, -0.05) is 50.2 Å². The van der Waals surface area contributed by atoms with Crippen LogP contribution >= 0.6 is 11.3 Å². The van der Waals surface area contributed by atoms with Gasteiger partial charge in [0.1, 0.15) is 35.3 Å². The fourth-order valence-electron chi connectivity index (χ4n) is 5.93. The van der Waals surface area contributed by atoms with Gasteiger partial charge >= 0.3 is 0 Å². The van der Waals surface area contributed by atoms with Crippen molar-refractivity contribution in [1.82, 2.24) is 4.98 Å². The lowest BCUT2D eigenvalue weighted by Gasteiger charge is -2.37. The molecule has 1 aliphatic heterocycles. The summed E-state index contributed by atoms with van der Waals surface area (Å²) in [6.45, 7) is 8.17. The van der Waals surface area contributed by atoms with Gasteiger partial charge < -0.3 is 20.5 Å². The number of hydrogen-bond acceptors (Lipinski definition) is 8. The maximum atomic E-state index is 16.3. The number of Topliss-reactive ketones (excluding diaryl/α,β-unsaturated/α-hetero) is 1. The third kappa shape index (κ3) is 6.15. The number of hydrogen-bond donors (Lipinski definition) is 3. The zero-order chi connectivity index (χ0) is 31.9. The first-order valence-corrected chi connectivity index (χ1v) is 15.8. The van der Waals surface area contributed by atoms with Gasteiger partial charge in [0.2, 0.25) is 0 Å². The normalized spacial score (nSPS) is 17.3. The Balaban J connectivity index is 1.50.